The molecule has 1 aliphatic rings. The molecule has 5 heteroatoms. The van der Waals surface area contributed by atoms with Crippen molar-refractivity contribution in [2.45, 2.75) is 32.2 Å². The minimum absolute atomic E-state index is 0.0853. The lowest BCUT2D eigenvalue weighted by Gasteiger charge is -2.35. The molecule has 3 N–H and O–H groups in total. The number of hydrogen-bond donors (Lipinski definition) is 2. The van der Waals surface area contributed by atoms with E-state index in [2.05, 4.69) is 11.8 Å². The fourth-order valence-corrected chi connectivity index (χ4v) is 2.12. The van der Waals surface area contributed by atoms with Crippen molar-refractivity contribution in [1.29, 1.82) is 0 Å². The van der Waals surface area contributed by atoms with Crippen LogP contribution in [-0.2, 0) is 4.79 Å². The van der Waals surface area contributed by atoms with E-state index in [1.54, 1.807) is 0 Å². The van der Waals surface area contributed by atoms with Crippen molar-refractivity contribution >= 4 is 5.91 Å². The fraction of sp³-hybridized carbons (Fsp3) is 0.917. The Bertz CT molecular complexity index is 228. The molecule has 1 atom stereocenters. The summed E-state index contributed by atoms with van der Waals surface area (Å²) in [6, 6.07) is -0.334. The van der Waals surface area contributed by atoms with Gasteiger partial charge in [-0.15, -0.1) is 0 Å². The van der Waals surface area contributed by atoms with Crippen LogP contribution in [0.5, 0.6) is 0 Å². The smallest absolute Gasteiger partial charge is 0.239 e. The second-order valence-corrected chi connectivity index (χ2v) is 4.64. The maximum absolute atomic E-state index is 12.0. The van der Waals surface area contributed by atoms with Gasteiger partial charge in [-0.1, -0.05) is 19.8 Å². The van der Waals surface area contributed by atoms with Crippen molar-refractivity contribution in [3.8, 4) is 0 Å². The van der Waals surface area contributed by atoms with Gasteiger partial charge >= 0.3 is 0 Å². The molecule has 1 aliphatic heterocycles. The number of rotatable bonds is 6. The summed E-state index contributed by atoms with van der Waals surface area (Å²) in [4.78, 5) is 16.0. The first-order valence-electron chi connectivity index (χ1n) is 6.56. The Hall–Kier alpha value is -0.650. The van der Waals surface area contributed by atoms with Gasteiger partial charge in [-0.25, -0.2) is 0 Å². The molecule has 0 spiro atoms. The molecule has 1 amide bonds. The molecule has 0 aromatic rings. The van der Waals surface area contributed by atoms with Gasteiger partial charge in [0.15, 0.2) is 0 Å². The van der Waals surface area contributed by atoms with Crippen molar-refractivity contribution < 1.29 is 9.90 Å². The number of β-amino-alcohol motifs (C(OH)–C–C–N with tert-alkyl or cyclic N) is 1. The zero-order chi connectivity index (χ0) is 12.7. The highest BCUT2D eigenvalue weighted by atomic mass is 16.3. The third kappa shape index (κ3) is 4.61. The number of aliphatic hydroxyl groups is 1. The summed E-state index contributed by atoms with van der Waals surface area (Å²) in [5, 5.41) is 8.84. The second kappa shape index (κ2) is 7.63. The lowest BCUT2D eigenvalue weighted by molar-refractivity contribution is -0.134. The lowest BCUT2D eigenvalue weighted by atomic mass is 10.1. The van der Waals surface area contributed by atoms with Gasteiger partial charge in [0, 0.05) is 32.7 Å². The third-order valence-electron chi connectivity index (χ3n) is 3.29. The molecule has 1 rings (SSSR count). The first-order chi connectivity index (χ1) is 8.19. The summed E-state index contributed by atoms with van der Waals surface area (Å²) in [5.74, 6) is 0.0853. The molecular formula is C12H25N3O2. The molecule has 0 unspecified atom stereocenters. The van der Waals surface area contributed by atoms with Crippen LogP contribution in [-0.4, -0.2) is 66.2 Å². The Morgan fingerprint density at radius 3 is 2.53 bits per heavy atom. The summed E-state index contributed by atoms with van der Waals surface area (Å²) < 4.78 is 0. The van der Waals surface area contributed by atoms with Gasteiger partial charge in [0.1, 0.15) is 0 Å². The van der Waals surface area contributed by atoms with Crippen molar-refractivity contribution in [3.05, 3.63) is 0 Å². The van der Waals surface area contributed by atoms with Crippen molar-refractivity contribution in [1.82, 2.24) is 9.80 Å². The Kier molecular flexibility index (Phi) is 6.47. The summed E-state index contributed by atoms with van der Waals surface area (Å²) in [6.45, 7) is 6.13. The molecule has 17 heavy (non-hydrogen) atoms. The average molecular weight is 243 g/mol. The van der Waals surface area contributed by atoms with Gasteiger partial charge < -0.3 is 15.7 Å². The van der Waals surface area contributed by atoms with Gasteiger partial charge in [-0.3, -0.25) is 9.69 Å². The molecule has 0 aliphatic carbocycles. The number of carbonyl (C=O) groups is 1. The number of nitrogens with two attached hydrogens (primary N) is 1. The summed E-state index contributed by atoms with van der Waals surface area (Å²) >= 11 is 0. The second-order valence-electron chi connectivity index (χ2n) is 4.64. The van der Waals surface area contributed by atoms with Crippen molar-refractivity contribution in [2.75, 3.05) is 39.3 Å². The molecule has 0 aromatic carbocycles. The van der Waals surface area contributed by atoms with Crippen LogP contribution in [0.1, 0.15) is 26.2 Å². The Labute approximate surface area is 104 Å². The lowest BCUT2D eigenvalue weighted by Crippen LogP contribution is -2.53. The Morgan fingerprint density at radius 2 is 2.00 bits per heavy atom. The summed E-state index contributed by atoms with van der Waals surface area (Å²) in [6.07, 6.45) is 2.87. The minimum atomic E-state index is -0.334. The van der Waals surface area contributed by atoms with E-state index in [1.807, 2.05) is 4.90 Å². The monoisotopic (exact) mass is 243 g/mol. The van der Waals surface area contributed by atoms with Crippen molar-refractivity contribution in [3.63, 3.8) is 0 Å². The SMILES string of the molecule is CCCC[C@H](N)C(=O)N1CCN(CCO)CC1. The zero-order valence-electron chi connectivity index (χ0n) is 10.8. The number of unbranched alkanes of at least 4 members (excludes halogenated alkanes) is 1. The van der Waals surface area contributed by atoms with Crippen molar-refractivity contribution in [2.24, 2.45) is 5.73 Å². The van der Waals surface area contributed by atoms with Gasteiger partial charge in [-0.2, -0.15) is 0 Å². The third-order valence-corrected chi connectivity index (χ3v) is 3.29. The first kappa shape index (κ1) is 14.4. The van der Waals surface area contributed by atoms with Crippen LogP contribution in [0.15, 0.2) is 0 Å². The average Bonchev–Trinajstić information content (AvgIpc) is 2.36. The Morgan fingerprint density at radius 1 is 1.35 bits per heavy atom. The van der Waals surface area contributed by atoms with E-state index in [1.165, 1.54) is 0 Å². The number of amides is 1. The summed E-state index contributed by atoms with van der Waals surface area (Å²) in [5.41, 5.74) is 5.88. The van der Waals surface area contributed by atoms with Crippen LogP contribution < -0.4 is 5.73 Å². The molecule has 100 valence electrons. The molecule has 0 aromatic heterocycles. The number of aliphatic hydroxyl groups excluding tert-OH is 1. The number of piperazine rings is 1. The molecule has 1 heterocycles. The van der Waals surface area contributed by atoms with E-state index in [0.717, 1.165) is 45.4 Å². The number of nitrogens with zero attached hydrogens (tertiary/aromatic N) is 2. The van der Waals surface area contributed by atoms with Gasteiger partial charge in [-0.05, 0) is 6.42 Å². The van der Waals surface area contributed by atoms with E-state index >= 15 is 0 Å². The molecule has 5 nitrogen and oxygen atoms in total. The molecule has 1 saturated heterocycles. The quantitative estimate of drug-likeness (QED) is 0.668. The maximum atomic E-state index is 12.0. The highest BCUT2D eigenvalue weighted by molar-refractivity contribution is 5.81. The summed E-state index contributed by atoms with van der Waals surface area (Å²) in [7, 11) is 0. The van der Waals surface area contributed by atoms with E-state index in [-0.39, 0.29) is 18.6 Å². The topological polar surface area (TPSA) is 69.8 Å². The zero-order valence-corrected chi connectivity index (χ0v) is 10.8. The van der Waals surface area contributed by atoms with Crippen LogP contribution in [0.2, 0.25) is 0 Å². The largest absolute Gasteiger partial charge is 0.395 e. The highest BCUT2D eigenvalue weighted by Gasteiger charge is 2.24. The number of hydrogen-bond acceptors (Lipinski definition) is 4. The normalized spacial score (nSPS) is 19.4. The minimum Gasteiger partial charge on any atom is -0.395 e. The van der Waals surface area contributed by atoms with E-state index in [0.29, 0.717) is 6.54 Å². The van der Waals surface area contributed by atoms with Crippen LogP contribution in [0.25, 0.3) is 0 Å². The molecule has 0 saturated carbocycles. The fourth-order valence-electron chi connectivity index (χ4n) is 2.12. The van der Waals surface area contributed by atoms with E-state index in [4.69, 9.17) is 10.8 Å². The molecule has 1 fully saturated rings. The van der Waals surface area contributed by atoms with E-state index < -0.39 is 0 Å². The van der Waals surface area contributed by atoms with E-state index in [9.17, 15) is 4.79 Å². The first-order valence-corrected chi connectivity index (χ1v) is 6.56. The highest BCUT2D eigenvalue weighted by Crippen LogP contribution is 2.06. The van der Waals surface area contributed by atoms with Crippen LogP contribution >= 0.6 is 0 Å². The predicted octanol–water partition coefficient (Wildman–Crippen LogP) is -0.360. The standard InChI is InChI=1S/C12H25N3O2/c1-2-3-4-11(13)12(17)15-7-5-14(6-8-15)9-10-16/h11,16H,2-10,13H2,1H3/t11-/m0/s1. The Balaban J connectivity index is 2.30. The molecule has 0 radical (unpaired) electrons. The maximum Gasteiger partial charge on any atom is 0.239 e. The molecular weight excluding hydrogens is 218 g/mol. The van der Waals surface area contributed by atoms with Gasteiger partial charge in [0.05, 0.1) is 12.6 Å². The van der Waals surface area contributed by atoms with Crippen LogP contribution in [0.4, 0.5) is 0 Å². The van der Waals surface area contributed by atoms with Crippen LogP contribution in [0.3, 0.4) is 0 Å². The van der Waals surface area contributed by atoms with Crippen LogP contribution in [0, 0.1) is 0 Å². The van der Waals surface area contributed by atoms with Gasteiger partial charge in [0.2, 0.25) is 5.91 Å². The van der Waals surface area contributed by atoms with Gasteiger partial charge in [0.25, 0.3) is 0 Å². The molecule has 0 bridgehead atoms. The predicted molar refractivity (Wildman–Crippen MR) is 67.6 cm³/mol. The number of carbonyl (C=O) groups excluding carboxylic acids is 1.